The van der Waals surface area contributed by atoms with Crippen molar-refractivity contribution in [3.8, 4) is 0 Å². The van der Waals surface area contributed by atoms with Gasteiger partial charge in [0.2, 0.25) is 0 Å². The predicted octanol–water partition coefficient (Wildman–Crippen LogP) is 6.09. The van der Waals surface area contributed by atoms with Crippen LogP contribution in [0.2, 0.25) is 19.6 Å². The first-order valence-electron chi connectivity index (χ1n) is 12.9. The lowest BCUT2D eigenvalue weighted by molar-refractivity contribution is -0.165. The molecule has 1 heterocycles. The van der Waals surface area contributed by atoms with E-state index >= 15 is 0 Å². The van der Waals surface area contributed by atoms with Crippen LogP contribution in [0.15, 0.2) is 60.7 Å². The molecule has 5 nitrogen and oxygen atoms in total. The highest BCUT2D eigenvalue weighted by Crippen LogP contribution is 2.40. The van der Waals surface area contributed by atoms with Crippen LogP contribution in [0.25, 0.3) is 0 Å². The number of esters is 1. The van der Waals surface area contributed by atoms with Crippen LogP contribution in [-0.2, 0) is 20.7 Å². The summed E-state index contributed by atoms with van der Waals surface area (Å²) in [6, 6.07) is 21.1. The van der Waals surface area contributed by atoms with Gasteiger partial charge in [-0.2, -0.15) is 0 Å². The monoisotopic (exact) mass is 496 g/mol. The van der Waals surface area contributed by atoms with Crippen molar-refractivity contribution in [2.75, 3.05) is 20.3 Å². The highest BCUT2D eigenvalue weighted by atomic mass is 28.3. The van der Waals surface area contributed by atoms with Crippen molar-refractivity contribution in [2.24, 2.45) is 5.92 Å². The molecule has 0 amide bonds. The molecule has 0 radical (unpaired) electrons. The fraction of sp³-hybridized carbons (Fsp3) is 0.552. The molecule has 2 aromatic rings. The molecule has 3 atom stereocenters. The smallest absolute Gasteiger partial charge is 0.311 e. The summed E-state index contributed by atoms with van der Waals surface area (Å²) in [5, 5.41) is 2.52. The molecule has 1 aliphatic rings. The minimum atomic E-state index is -1.96. The molecule has 0 saturated carbocycles. The number of nitrogens with zero attached hydrogens (tertiary/aromatic N) is 2. The fourth-order valence-electron chi connectivity index (χ4n) is 5.19. The van der Waals surface area contributed by atoms with Gasteiger partial charge in [0, 0.05) is 19.7 Å². The molecule has 0 aliphatic carbocycles. The van der Waals surface area contributed by atoms with E-state index in [0.717, 1.165) is 30.5 Å². The Bertz CT molecular complexity index is 924. The van der Waals surface area contributed by atoms with E-state index in [1.165, 1.54) is 0 Å². The number of hydrazine groups is 1. The summed E-state index contributed by atoms with van der Waals surface area (Å²) in [7, 11) is -0.176. The lowest BCUT2D eigenvalue weighted by Crippen LogP contribution is -2.61. The molecule has 1 saturated heterocycles. The van der Waals surface area contributed by atoms with Gasteiger partial charge in [-0.1, -0.05) is 80.3 Å². The first-order valence-corrected chi connectivity index (χ1v) is 16.3. The number of ether oxygens (including phenoxy) is 2. The molecule has 2 aromatic carbocycles. The number of benzene rings is 2. The number of methoxy groups -OCH3 is 1. The highest BCUT2D eigenvalue weighted by molar-refractivity contribution is 6.73. The molecule has 0 N–H and O–H groups in total. The van der Waals surface area contributed by atoms with Gasteiger partial charge in [0.1, 0.15) is 13.8 Å². The second-order valence-corrected chi connectivity index (χ2v) is 16.4. The molecular weight excluding hydrogens is 452 g/mol. The molecule has 0 aromatic heterocycles. The Balaban J connectivity index is 2.16. The van der Waals surface area contributed by atoms with E-state index in [-0.39, 0.29) is 17.9 Å². The SMILES string of the molecule is COC[C@@H]1CCCN1N([C@@H](c1ccccc1)[C@H](Cc1ccccc1)C(=O)OC(C)(C)C)[Si](C)(C)C. The summed E-state index contributed by atoms with van der Waals surface area (Å²) in [5.41, 5.74) is 1.75. The average molecular weight is 497 g/mol. The molecule has 1 aliphatic heterocycles. The third-order valence-corrected chi connectivity index (χ3v) is 8.37. The first-order chi connectivity index (χ1) is 16.5. The normalized spacial score (nSPS) is 19.0. The number of carbonyl (C=O) groups is 1. The van der Waals surface area contributed by atoms with E-state index in [9.17, 15) is 4.79 Å². The maximum Gasteiger partial charge on any atom is 0.311 e. The summed E-state index contributed by atoms with van der Waals surface area (Å²) in [4.78, 5) is 14.0. The lowest BCUT2D eigenvalue weighted by Gasteiger charge is -2.50. The summed E-state index contributed by atoms with van der Waals surface area (Å²) in [6.07, 6.45) is 2.86. The Morgan fingerprint density at radius 2 is 1.66 bits per heavy atom. The van der Waals surface area contributed by atoms with E-state index in [1.807, 2.05) is 45.0 Å². The van der Waals surface area contributed by atoms with Crippen molar-refractivity contribution in [2.45, 2.75) is 77.4 Å². The Morgan fingerprint density at radius 3 is 2.20 bits per heavy atom. The Hall–Kier alpha value is -1.99. The zero-order valence-corrected chi connectivity index (χ0v) is 23.7. The first kappa shape index (κ1) is 27.6. The number of hydrogen-bond acceptors (Lipinski definition) is 5. The van der Waals surface area contributed by atoms with Crippen LogP contribution in [-0.4, -0.2) is 55.8 Å². The summed E-state index contributed by atoms with van der Waals surface area (Å²) >= 11 is 0. The van der Waals surface area contributed by atoms with Crippen LogP contribution < -0.4 is 0 Å². The molecule has 6 heteroatoms. The molecule has 0 unspecified atom stereocenters. The molecule has 0 bridgehead atoms. The van der Waals surface area contributed by atoms with Gasteiger partial charge in [-0.3, -0.25) is 9.47 Å². The third kappa shape index (κ3) is 7.50. The second kappa shape index (κ2) is 11.8. The Labute approximate surface area is 213 Å². The van der Waals surface area contributed by atoms with Gasteiger partial charge < -0.3 is 9.47 Å². The average Bonchev–Trinajstić information content (AvgIpc) is 3.23. The van der Waals surface area contributed by atoms with Gasteiger partial charge >= 0.3 is 5.97 Å². The minimum Gasteiger partial charge on any atom is -0.460 e. The van der Waals surface area contributed by atoms with Crippen molar-refractivity contribution in [3.05, 3.63) is 71.8 Å². The standard InChI is InChI=1S/C29H44N2O3Si/c1-29(2,3)34-28(32)26(21-23-15-10-8-11-16-23)27(24-17-12-9-13-18-24)31(35(5,6)7)30-20-14-19-25(30)22-33-4/h8-13,15-18,25-27H,14,19-22H2,1-7H3/t25-,26-,27-/m0/s1. The van der Waals surface area contributed by atoms with Crippen LogP contribution in [0.5, 0.6) is 0 Å². The molecule has 192 valence electrons. The topological polar surface area (TPSA) is 42.0 Å². The minimum absolute atomic E-state index is 0.129. The fourth-order valence-corrected chi connectivity index (χ4v) is 7.39. The van der Waals surface area contributed by atoms with Crippen molar-refractivity contribution < 1.29 is 14.3 Å². The van der Waals surface area contributed by atoms with Crippen LogP contribution in [0.1, 0.15) is 50.8 Å². The summed E-state index contributed by atoms with van der Waals surface area (Å²) in [5.74, 6) is -0.490. The van der Waals surface area contributed by atoms with Crippen molar-refractivity contribution >= 4 is 14.2 Å². The maximum atomic E-state index is 14.0. The summed E-state index contributed by atoms with van der Waals surface area (Å²) in [6.45, 7) is 14.7. The van der Waals surface area contributed by atoms with Crippen molar-refractivity contribution in [1.29, 1.82) is 0 Å². The number of rotatable bonds is 10. The quantitative estimate of drug-likeness (QED) is 0.294. The molecular formula is C29H44N2O3Si. The van der Waals surface area contributed by atoms with Gasteiger partial charge in [-0.25, -0.2) is 5.01 Å². The predicted molar refractivity (Wildman–Crippen MR) is 145 cm³/mol. The van der Waals surface area contributed by atoms with E-state index < -0.39 is 13.8 Å². The van der Waals surface area contributed by atoms with Gasteiger partial charge in [0.05, 0.1) is 18.6 Å². The molecule has 0 spiro atoms. The molecule has 35 heavy (non-hydrogen) atoms. The van der Waals surface area contributed by atoms with Crippen molar-refractivity contribution in [3.63, 3.8) is 0 Å². The van der Waals surface area contributed by atoms with E-state index in [0.29, 0.717) is 19.1 Å². The van der Waals surface area contributed by atoms with Crippen LogP contribution >= 0.6 is 0 Å². The zero-order chi connectivity index (χ0) is 25.6. The zero-order valence-electron chi connectivity index (χ0n) is 22.7. The molecule has 3 rings (SSSR count). The van der Waals surface area contributed by atoms with Crippen LogP contribution in [0, 0.1) is 5.92 Å². The summed E-state index contributed by atoms with van der Waals surface area (Å²) < 4.78 is 14.3. The third-order valence-electron chi connectivity index (χ3n) is 6.46. The second-order valence-electron chi connectivity index (χ2n) is 11.6. The maximum absolute atomic E-state index is 14.0. The van der Waals surface area contributed by atoms with Crippen molar-refractivity contribution in [1.82, 2.24) is 9.68 Å². The molecule has 1 fully saturated rings. The lowest BCUT2D eigenvalue weighted by atomic mass is 9.87. The Kier molecular flexibility index (Phi) is 9.32. The van der Waals surface area contributed by atoms with Crippen LogP contribution in [0.4, 0.5) is 0 Å². The van der Waals surface area contributed by atoms with Gasteiger partial charge in [0.25, 0.3) is 0 Å². The van der Waals surface area contributed by atoms with E-state index in [2.05, 4.69) is 65.7 Å². The number of hydrogen-bond donors (Lipinski definition) is 0. The van der Waals surface area contributed by atoms with Gasteiger partial charge in [-0.15, -0.1) is 0 Å². The van der Waals surface area contributed by atoms with Crippen LogP contribution in [0.3, 0.4) is 0 Å². The highest BCUT2D eigenvalue weighted by Gasteiger charge is 2.46. The van der Waals surface area contributed by atoms with E-state index in [1.54, 1.807) is 7.11 Å². The number of carbonyl (C=O) groups excluding carboxylic acids is 1. The van der Waals surface area contributed by atoms with E-state index in [4.69, 9.17) is 9.47 Å². The van der Waals surface area contributed by atoms with Gasteiger partial charge in [0.15, 0.2) is 0 Å². The van der Waals surface area contributed by atoms with Gasteiger partial charge in [-0.05, 0) is 51.2 Å². The Morgan fingerprint density at radius 1 is 1.06 bits per heavy atom. The largest absolute Gasteiger partial charge is 0.460 e.